The molecule has 1 amide bonds. The fourth-order valence-corrected chi connectivity index (χ4v) is 2.53. The highest BCUT2D eigenvalue weighted by Gasteiger charge is 2.11. The van der Waals surface area contributed by atoms with Crippen molar-refractivity contribution in [2.45, 2.75) is 13.8 Å². The molecule has 2 rings (SSSR count). The van der Waals surface area contributed by atoms with Crippen LogP contribution in [0.4, 0.5) is 11.4 Å². The molecule has 110 valence electrons. The van der Waals surface area contributed by atoms with Gasteiger partial charge in [-0.05, 0) is 71.7 Å². The lowest BCUT2D eigenvalue weighted by Gasteiger charge is -2.11. The van der Waals surface area contributed by atoms with Crippen LogP contribution in [0, 0.1) is 6.92 Å². The molecule has 0 spiro atoms. The van der Waals surface area contributed by atoms with Gasteiger partial charge in [-0.25, -0.2) is 0 Å². The van der Waals surface area contributed by atoms with Crippen LogP contribution in [0.15, 0.2) is 40.9 Å². The summed E-state index contributed by atoms with van der Waals surface area (Å²) >= 11 is 9.35. The van der Waals surface area contributed by atoms with Gasteiger partial charge in [-0.15, -0.1) is 0 Å². The van der Waals surface area contributed by atoms with Crippen LogP contribution >= 0.6 is 27.5 Å². The van der Waals surface area contributed by atoms with Crippen LogP contribution in [0.1, 0.15) is 22.8 Å². The predicted octanol–water partition coefficient (Wildman–Crippen LogP) is 5.10. The molecule has 0 aliphatic heterocycles. The van der Waals surface area contributed by atoms with Crippen molar-refractivity contribution in [3.63, 3.8) is 0 Å². The van der Waals surface area contributed by atoms with E-state index in [1.54, 1.807) is 18.2 Å². The lowest BCUT2D eigenvalue weighted by molar-refractivity contribution is 0.102. The van der Waals surface area contributed by atoms with Crippen LogP contribution in [-0.2, 0) is 0 Å². The Morgan fingerprint density at radius 3 is 2.67 bits per heavy atom. The Balaban J connectivity index is 2.22. The van der Waals surface area contributed by atoms with Crippen molar-refractivity contribution in [2.24, 2.45) is 0 Å². The Hall–Kier alpha value is -1.52. The third-order valence-corrected chi connectivity index (χ3v) is 3.96. The number of hydrogen-bond donors (Lipinski definition) is 2. The maximum atomic E-state index is 12.4. The molecule has 2 aromatic rings. The average molecular weight is 368 g/mol. The van der Waals surface area contributed by atoms with E-state index in [9.17, 15) is 4.79 Å². The zero-order valence-corrected chi connectivity index (χ0v) is 14.2. The summed E-state index contributed by atoms with van der Waals surface area (Å²) in [5.74, 6) is -0.154. The van der Waals surface area contributed by atoms with E-state index in [2.05, 4.69) is 26.6 Å². The summed E-state index contributed by atoms with van der Waals surface area (Å²) in [6.45, 7) is 4.80. The highest BCUT2D eigenvalue weighted by molar-refractivity contribution is 9.10. The molecule has 0 aliphatic carbocycles. The van der Waals surface area contributed by atoms with Gasteiger partial charge in [0, 0.05) is 27.3 Å². The van der Waals surface area contributed by atoms with E-state index < -0.39 is 0 Å². The van der Waals surface area contributed by atoms with Crippen LogP contribution in [0.25, 0.3) is 0 Å². The number of hydrogen-bond acceptors (Lipinski definition) is 2. The van der Waals surface area contributed by atoms with E-state index in [-0.39, 0.29) is 5.91 Å². The topological polar surface area (TPSA) is 41.1 Å². The van der Waals surface area contributed by atoms with Gasteiger partial charge in [-0.3, -0.25) is 4.79 Å². The Labute approximate surface area is 137 Å². The maximum Gasteiger partial charge on any atom is 0.255 e. The summed E-state index contributed by atoms with van der Waals surface area (Å²) in [4.78, 5) is 12.4. The number of aryl methyl sites for hydroxylation is 1. The minimum atomic E-state index is -0.154. The van der Waals surface area contributed by atoms with Crippen molar-refractivity contribution in [1.82, 2.24) is 0 Å². The third-order valence-electron chi connectivity index (χ3n) is 3.03. The monoisotopic (exact) mass is 366 g/mol. The predicted molar refractivity (Wildman–Crippen MR) is 92.4 cm³/mol. The number of nitrogens with one attached hydrogen (secondary N) is 2. The molecule has 0 saturated carbocycles. The van der Waals surface area contributed by atoms with E-state index in [1.165, 1.54) is 0 Å². The van der Waals surface area contributed by atoms with Gasteiger partial charge in [0.1, 0.15) is 0 Å². The number of anilines is 2. The molecule has 0 fully saturated rings. The molecule has 0 aliphatic rings. The number of benzene rings is 2. The van der Waals surface area contributed by atoms with Crippen LogP contribution in [0.2, 0.25) is 5.02 Å². The first-order valence-electron chi connectivity index (χ1n) is 6.62. The van der Waals surface area contributed by atoms with Gasteiger partial charge < -0.3 is 10.6 Å². The summed E-state index contributed by atoms with van der Waals surface area (Å²) in [7, 11) is 0. The van der Waals surface area contributed by atoms with E-state index in [0.717, 1.165) is 22.3 Å². The number of halogens is 2. The molecule has 0 atom stereocenters. The Morgan fingerprint density at radius 2 is 2.00 bits per heavy atom. The van der Waals surface area contributed by atoms with Gasteiger partial charge in [0.15, 0.2) is 0 Å². The molecular weight excluding hydrogens is 352 g/mol. The quantitative estimate of drug-likeness (QED) is 0.790. The van der Waals surface area contributed by atoms with Crippen LogP contribution in [0.5, 0.6) is 0 Å². The third kappa shape index (κ3) is 3.99. The normalized spacial score (nSPS) is 10.3. The molecule has 0 radical (unpaired) electrons. The SMILES string of the molecule is CCNc1ccc(C(=O)Nc2cc(Cl)ccc2Br)c(C)c1. The summed E-state index contributed by atoms with van der Waals surface area (Å²) in [5.41, 5.74) is 3.23. The first-order chi connectivity index (χ1) is 10.0. The van der Waals surface area contributed by atoms with Crippen molar-refractivity contribution in [3.8, 4) is 0 Å². The minimum absolute atomic E-state index is 0.154. The van der Waals surface area contributed by atoms with E-state index in [4.69, 9.17) is 11.6 Å². The van der Waals surface area contributed by atoms with Gasteiger partial charge in [0.25, 0.3) is 5.91 Å². The lowest BCUT2D eigenvalue weighted by Crippen LogP contribution is -2.14. The van der Waals surface area contributed by atoms with Gasteiger partial charge >= 0.3 is 0 Å². The Bertz CT molecular complexity index is 673. The molecular formula is C16H16BrClN2O. The zero-order valence-electron chi connectivity index (χ0n) is 11.8. The molecule has 0 unspecified atom stereocenters. The number of amides is 1. The molecule has 3 nitrogen and oxygen atoms in total. The second-order valence-corrected chi connectivity index (χ2v) is 5.93. The molecule has 2 aromatic carbocycles. The van der Waals surface area contributed by atoms with Gasteiger partial charge in [0.2, 0.25) is 0 Å². The molecule has 0 bridgehead atoms. The fraction of sp³-hybridized carbons (Fsp3) is 0.188. The second kappa shape index (κ2) is 6.96. The average Bonchev–Trinajstić information content (AvgIpc) is 2.43. The van der Waals surface area contributed by atoms with Crippen molar-refractivity contribution in [2.75, 3.05) is 17.2 Å². The second-order valence-electron chi connectivity index (χ2n) is 4.64. The summed E-state index contributed by atoms with van der Waals surface area (Å²) in [6.07, 6.45) is 0. The largest absolute Gasteiger partial charge is 0.385 e. The van der Waals surface area contributed by atoms with Crippen LogP contribution < -0.4 is 10.6 Å². The van der Waals surface area contributed by atoms with Crippen molar-refractivity contribution >= 4 is 44.8 Å². The standard InChI is InChI=1S/C16H16BrClN2O/c1-3-19-12-5-6-13(10(2)8-12)16(21)20-15-9-11(18)4-7-14(15)17/h4-9,19H,3H2,1-2H3,(H,20,21). The van der Waals surface area contributed by atoms with Crippen LogP contribution in [0.3, 0.4) is 0 Å². The Morgan fingerprint density at radius 1 is 1.24 bits per heavy atom. The van der Waals surface area contributed by atoms with Gasteiger partial charge in [0.05, 0.1) is 5.69 Å². The molecule has 5 heteroatoms. The lowest BCUT2D eigenvalue weighted by atomic mass is 10.1. The van der Waals surface area contributed by atoms with Crippen molar-refractivity contribution in [3.05, 3.63) is 57.0 Å². The summed E-state index contributed by atoms with van der Waals surface area (Å²) in [5, 5.41) is 6.67. The summed E-state index contributed by atoms with van der Waals surface area (Å²) < 4.78 is 0.794. The molecule has 0 heterocycles. The smallest absolute Gasteiger partial charge is 0.255 e. The molecule has 21 heavy (non-hydrogen) atoms. The van der Waals surface area contributed by atoms with Crippen LogP contribution in [-0.4, -0.2) is 12.5 Å². The van der Waals surface area contributed by atoms with Gasteiger partial charge in [-0.1, -0.05) is 11.6 Å². The number of carbonyl (C=O) groups is 1. The maximum absolute atomic E-state index is 12.4. The van der Waals surface area contributed by atoms with Gasteiger partial charge in [-0.2, -0.15) is 0 Å². The Kier molecular flexibility index (Phi) is 5.26. The first kappa shape index (κ1) is 15.9. The minimum Gasteiger partial charge on any atom is -0.385 e. The molecule has 0 aromatic heterocycles. The van der Waals surface area contributed by atoms with Crippen molar-refractivity contribution in [1.29, 1.82) is 0 Å². The molecule has 2 N–H and O–H groups in total. The summed E-state index contributed by atoms with van der Waals surface area (Å²) in [6, 6.07) is 11.0. The zero-order chi connectivity index (χ0) is 15.4. The highest BCUT2D eigenvalue weighted by Crippen LogP contribution is 2.27. The first-order valence-corrected chi connectivity index (χ1v) is 7.79. The number of carbonyl (C=O) groups excluding carboxylic acids is 1. The van der Waals surface area contributed by atoms with Crippen molar-refractivity contribution < 1.29 is 4.79 Å². The van der Waals surface area contributed by atoms with E-state index >= 15 is 0 Å². The molecule has 0 saturated heterocycles. The highest BCUT2D eigenvalue weighted by atomic mass is 79.9. The van der Waals surface area contributed by atoms with E-state index in [0.29, 0.717) is 16.3 Å². The number of rotatable bonds is 4. The fourth-order valence-electron chi connectivity index (χ4n) is 2.02. The van der Waals surface area contributed by atoms with E-state index in [1.807, 2.05) is 32.0 Å².